The molecule has 0 atom stereocenters. The van der Waals surface area contributed by atoms with Crippen LogP contribution in [0.5, 0.6) is 5.75 Å². The van der Waals surface area contributed by atoms with Gasteiger partial charge in [0.25, 0.3) is 5.91 Å². The van der Waals surface area contributed by atoms with Crippen LogP contribution >= 0.6 is 27.5 Å². The minimum Gasteiger partial charge on any atom is -0.497 e. The average Bonchev–Trinajstić information content (AvgIpc) is 3.41. The lowest BCUT2D eigenvalue weighted by Crippen LogP contribution is -2.37. The van der Waals surface area contributed by atoms with E-state index in [1.165, 1.54) is 12.1 Å². The third kappa shape index (κ3) is 6.68. The molecule has 0 aliphatic carbocycles. The van der Waals surface area contributed by atoms with E-state index in [1.54, 1.807) is 84.8 Å². The predicted molar refractivity (Wildman–Crippen MR) is 167 cm³/mol. The molecule has 4 aromatic rings. The Balaban J connectivity index is 1.35. The van der Waals surface area contributed by atoms with Gasteiger partial charge in [0.1, 0.15) is 5.75 Å². The normalized spacial score (nSPS) is 12.7. The third-order valence-corrected chi connectivity index (χ3v) is 9.48. The molecule has 1 aliphatic heterocycles. The van der Waals surface area contributed by atoms with Crippen molar-refractivity contribution in [3.8, 4) is 5.75 Å². The zero-order valence-electron chi connectivity index (χ0n) is 22.6. The number of methoxy groups -OCH3 is 1. The number of nitrogens with one attached hydrogen (secondary N) is 1. The summed E-state index contributed by atoms with van der Waals surface area (Å²) in [7, 11) is -2.46. The van der Waals surface area contributed by atoms with Crippen LogP contribution in [0.4, 0.5) is 11.4 Å². The number of carbonyl (C=O) groups excluding carboxylic acids is 2. The van der Waals surface area contributed by atoms with Crippen molar-refractivity contribution in [3.05, 3.63) is 117 Å². The molecule has 216 valence electrons. The maximum absolute atomic E-state index is 13.6. The smallest absolute Gasteiger partial charge is 0.258 e. The van der Waals surface area contributed by atoms with Crippen molar-refractivity contribution in [1.29, 1.82) is 0 Å². The van der Waals surface area contributed by atoms with E-state index in [9.17, 15) is 18.0 Å². The van der Waals surface area contributed by atoms with Crippen LogP contribution in [-0.4, -0.2) is 44.7 Å². The van der Waals surface area contributed by atoms with E-state index in [4.69, 9.17) is 16.3 Å². The molecule has 1 N–H and O–H groups in total. The molecule has 0 saturated heterocycles. The molecule has 5 rings (SSSR count). The Bertz CT molecular complexity index is 1710. The molecule has 0 bridgehead atoms. The minimum absolute atomic E-state index is 0.0304. The molecule has 0 aromatic heterocycles. The maximum atomic E-state index is 13.6. The summed E-state index contributed by atoms with van der Waals surface area (Å²) in [5.41, 5.74) is 3.35. The van der Waals surface area contributed by atoms with Gasteiger partial charge in [-0.2, -0.15) is 4.31 Å². The Kier molecular flexibility index (Phi) is 8.98. The van der Waals surface area contributed by atoms with E-state index < -0.39 is 22.5 Å². The molecule has 2 amide bonds. The first kappa shape index (κ1) is 29.8. The summed E-state index contributed by atoms with van der Waals surface area (Å²) in [6.07, 6.45) is 0.686. The SMILES string of the molecule is COc1ccc(C(=O)N2CCc3ccc(NC(=O)CN(Cc4ccc(Cl)cc4)S(=O)(=O)c4ccc(Br)cc4)cc32)cc1. The van der Waals surface area contributed by atoms with Crippen LogP contribution in [0.25, 0.3) is 0 Å². The first-order valence-electron chi connectivity index (χ1n) is 13.0. The number of benzene rings is 4. The molecule has 0 unspecified atom stereocenters. The van der Waals surface area contributed by atoms with E-state index in [1.807, 2.05) is 6.07 Å². The number of fused-ring (bicyclic) bond motifs is 1. The molecule has 4 aromatic carbocycles. The van der Waals surface area contributed by atoms with Crippen molar-refractivity contribution >= 4 is 60.7 Å². The van der Waals surface area contributed by atoms with Gasteiger partial charge in [-0.25, -0.2) is 8.42 Å². The largest absolute Gasteiger partial charge is 0.497 e. The first-order valence-corrected chi connectivity index (χ1v) is 15.6. The highest BCUT2D eigenvalue weighted by atomic mass is 79.9. The molecule has 0 spiro atoms. The number of anilines is 2. The summed E-state index contributed by atoms with van der Waals surface area (Å²) < 4.78 is 34.3. The van der Waals surface area contributed by atoms with Gasteiger partial charge >= 0.3 is 0 Å². The molecule has 42 heavy (non-hydrogen) atoms. The van der Waals surface area contributed by atoms with E-state index in [0.717, 1.165) is 14.3 Å². The molecule has 8 nitrogen and oxygen atoms in total. The quantitative estimate of drug-likeness (QED) is 0.231. The Morgan fingerprint density at radius 1 is 0.976 bits per heavy atom. The highest BCUT2D eigenvalue weighted by molar-refractivity contribution is 9.10. The standard InChI is InChI=1S/C31H27BrClN3O5S/c1-41-27-12-5-23(6-13-27)31(38)36-17-16-22-4-11-26(18-29(22)36)34-30(37)20-35(19-21-2-9-25(33)10-3-21)42(39,40)28-14-7-24(32)8-15-28/h2-15,18H,16-17,19-20H2,1H3,(H,34,37). The zero-order chi connectivity index (χ0) is 29.9. The molecule has 0 saturated carbocycles. The second-order valence-corrected chi connectivity index (χ2v) is 13.0. The average molecular weight is 669 g/mol. The second kappa shape index (κ2) is 12.7. The van der Waals surface area contributed by atoms with Crippen LogP contribution in [0.3, 0.4) is 0 Å². The van der Waals surface area contributed by atoms with Crippen molar-refractivity contribution in [2.45, 2.75) is 17.9 Å². The van der Waals surface area contributed by atoms with Gasteiger partial charge in [0.2, 0.25) is 15.9 Å². The van der Waals surface area contributed by atoms with Crippen LogP contribution in [-0.2, 0) is 27.8 Å². The first-order chi connectivity index (χ1) is 20.1. The van der Waals surface area contributed by atoms with Gasteiger partial charge in [-0.3, -0.25) is 9.59 Å². The number of amides is 2. The number of rotatable bonds is 9. The number of ether oxygens (including phenoxy) is 1. The third-order valence-electron chi connectivity index (χ3n) is 6.89. The Hall–Kier alpha value is -3.70. The monoisotopic (exact) mass is 667 g/mol. The second-order valence-electron chi connectivity index (χ2n) is 9.68. The van der Waals surface area contributed by atoms with Crippen molar-refractivity contribution < 1.29 is 22.7 Å². The summed E-state index contributed by atoms with van der Waals surface area (Å²) in [5, 5.41) is 3.34. The maximum Gasteiger partial charge on any atom is 0.258 e. The number of sulfonamides is 1. The number of nitrogens with zero attached hydrogens (tertiary/aromatic N) is 2. The molecule has 1 heterocycles. The molecular formula is C31H27BrClN3O5S. The van der Waals surface area contributed by atoms with Gasteiger partial charge in [0, 0.05) is 39.5 Å². The van der Waals surface area contributed by atoms with Gasteiger partial charge in [0.15, 0.2) is 0 Å². The van der Waals surface area contributed by atoms with Crippen molar-refractivity contribution in [2.24, 2.45) is 0 Å². The van der Waals surface area contributed by atoms with E-state index in [-0.39, 0.29) is 17.3 Å². The number of carbonyl (C=O) groups is 2. The van der Waals surface area contributed by atoms with Gasteiger partial charge < -0.3 is 15.0 Å². The topological polar surface area (TPSA) is 96.0 Å². The summed E-state index contributed by atoms with van der Waals surface area (Å²) in [6.45, 7) is 0.0574. The fourth-order valence-electron chi connectivity index (χ4n) is 4.69. The van der Waals surface area contributed by atoms with Crippen molar-refractivity contribution in [3.63, 3.8) is 0 Å². The molecular weight excluding hydrogens is 642 g/mol. The molecule has 11 heteroatoms. The Morgan fingerprint density at radius 2 is 1.67 bits per heavy atom. The minimum atomic E-state index is -4.02. The highest BCUT2D eigenvalue weighted by Gasteiger charge is 2.29. The fraction of sp³-hybridized carbons (Fsp3) is 0.161. The van der Waals surface area contributed by atoms with Gasteiger partial charge in [0.05, 0.1) is 18.6 Å². The van der Waals surface area contributed by atoms with E-state index >= 15 is 0 Å². The summed E-state index contributed by atoms with van der Waals surface area (Å²) >= 11 is 9.34. The molecule has 0 radical (unpaired) electrons. The molecule has 1 aliphatic rings. The van der Waals surface area contributed by atoms with Gasteiger partial charge in [-0.15, -0.1) is 0 Å². The van der Waals surface area contributed by atoms with Gasteiger partial charge in [-0.05, 0) is 90.3 Å². The zero-order valence-corrected chi connectivity index (χ0v) is 25.7. The lowest BCUT2D eigenvalue weighted by molar-refractivity contribution is -0.116. The predicted octanol–water partition coefficient (Wildman–Crippen LogP) is 6.14. The summed E-state index contributed by atoms with van der Waals surface area (Å²) in [4.78, 5) is 28.3. The lowest BCUT2D eigenvalue weighted by atomic mass is 10.1. The number of hydrogen-bond donors (Lipinski definition) is 1. The van der Waals surface area contributed by atoms with Crippen LogP contribution < -0.4 is 15.0 Å². The fourth-order valence-corrected chi connectivity index (χ4v) is 6.47. The van der Waals surface area contributed by atoms with Crippen LogP contribution in [0.15, 0.2) is 100 Å². The van der Waals surface area contributed by atoms with Crippen LogP contribution in [0, 0.1) is 0 Å². The van der Waals surface area contributed by atoms with Crippen molar-refractivity contribution in [1.82, 2.24) is 4.31 Å². The lowest BCUT2D eigenvalue weighted by Gasteiger charge is -2.22. The highest BCUT2D eigenvalue weighted by Crippen LogP contribution is 2.32. The molecule has 0 fully saturated rings. The van der Waals surface area contributed by atoms with Crippen LogP contribution in [0.2, 0.25) is 5.02 Å². The Labute approximate surface area is 258 Å². The summed E-state index contributed by atoms with van der Waals surface area (Å²) in [5.74, 6) is -0.0177. The Morgan fingerprint density at radius 3 is 2.33 bits per heavy atom. The number of halogens is 2. The van der Waals surface area contributed by atoms with E-state index in [0.29, 0.717) is 46.2 Å². The van der Waals surface area contributed by atoms with Crippen molar-refractivity contribution in [2.75, 3.05) is 30.4 Å². The van der Waals surface area contributed by atoms with Gasteiger partial charge in [-0.1, -0.05) is 45.7 Å². The van der Waals surface area contributed by atoms with E-state index in [2.05, 4.69) is 21.2 Å². The number of hydrogen-bond acceptors (Lipinski definition) is 5. The summed E-state index contributed by atoms with van der Waals surface area (Å²) in [6, 6.07) is 25.3. The van der Waals surface area contributed by atoms with Crippen LogP contribution in [0.1, 0.15) is 21.5 Å².